The van der Waals surface area contributed by atoms with Gasteiger partial charge in [0.05, 0.1) is 26.3 Å². The molecule has 0 atom stereocenters. The lowest BCUT2D eigenvalue weighted by molar-refractivity contribution is -0.123. The third-order valence-corrected chi connectivity index (χ3v) is 4.69. The maximum absolute atomic E-state index is 12.3. The highest BCUT2D eigenvalue weighted by molar-refractivity contribution is 5.92. The van der Waals surface area contributed by atoms with Gasteiger partial charge in [-0.05, 0) is 36.9 Å². The summed E-state index contributed by atoms with van der Waals surface area (Å²) in [5.41, 5.74) is 2.91. The van der Waals surface area contributed by atoms with Crippen molar-refractivity contribution in [3.05, 3.63) is 60.2 Å². The quantitative estimate of drug-likeness (QED) is 0.711. The maximum Gasteiger partial charge on any atom is 0.238 e. The van der Waals surface area contributed by atoms with E-state index >= 15 is 0 Å². The fourth-order valence-electron chi connectivity index (χ4n) is 3.18. The molecule has 0 aliphatic carbocycles. The van der Waals surface area contributed by atoms with Crippen LogP contribution in [0.15, 0.2) is 54.6 Å². The summed E-state index contributed by atoms with van der Waals surface area (Å²) in [4.78, 5) is 28.3. The van der Waals surface area contributed by atoms with E-state index in [0.29, 0.717) is 6.54 Å². The Balaban J connectivity index is 1.39. The zero-order valence-corrected chi connectivity index (χ0v) is 16.8. The van der Waals surface area contributed by atoms with E-state index in [1.165, 1.54) is 0 Å². The molecule has 2 amide bonds. The van der Waals surface area contributed by atoms with Crippen molar-refractivity contribution in [2.24, 2.45) is 0 Å². The van der Waals surface area contributed by atoms with Crippen LogP contribution < -0.4 is 15.5 Å². The maximum atomic E-state index is 12.3. The van der Waals surface area contributed by atoms with Gasteiger partial charge in [-0.3, -0.25) is 14.5 Å². The van der Waals surface area contributed by atoms with Gasteiger partial charge in [0, 0.05) is 31.0 Å². The number of nitrogens with zero attached hydrogens (tertiary/aromatic N) is 2. The predicted molar refractivity (Wildman–Crippen MR) is 114 cm³/mol. The molecule has 0 bridgehead atoms. The van der Waals surface area contributed by atoms with E-state index in [2.05, 4.69) is 15.5 Å². The number of hydrogen-bond donors (Lipinski definition) is 2. The topological polar surface area (TPSA) is 73.9 Å². The van der Waals surface area contributed by atoms with Crippen molar-refractivity contribution >= 4 is 23.2 Å². The highest BCUT2D eigenvalue weighted by atomic mass is 16.5. The van der Waals surface area contributed by atoms with Crippen molar-refractivity contribution in [3.8, 4) is 0 Å². The molecule has 2 aromatic carbocycles. The van der Waals surface area contributed by atoms with Crippen LogP contribution in [0.1, 0.15) is 5.56 Å². The minimum absolute atomic E-state index is 0.112. The van der Waals surface area contributed by atoms with E-state index in [-0.39, 0.29) is 24.9 Å². The lowest BCUT2D eigenvalue weighted by atomic mass is 10.2. The summed E-state index contributed by atoms with van der Waals surface area (Å²) in [5, 5.41) is 5.74. The minimum atomic E-state index is -0.150. The van der Waals surface area contributed by atoms with E-state index in [9.17, 15) is 9.59 Å². The molecule has 29 heavy (non-hydrogen) atoms. The van der Waals surface area contributed by atoms with Crippen LogP contribution in [-0.4, -0.2) is 63.2 Å². The van der Waals surface area contributed by atoms with Crippen LogP contribution in [0.5, 0.6) is 0 Å². The molecular weight excluding hydrogens is 368 g/mol. The second-order valence-corrected chi connectivity index (χ2v) is 7.13. The molecule has 154 valence electrons. The molecule has 1 aliphatic heterocycles. The fourth-order valence-corrected chi connectivity index (χ4v) is 3.18. The van der Waals surface area contributed by atoms with Gasteiger partial charge in [0.2, 0.25) is 11.8 Å². The number of benzene rings is 2. The Labute approximate surface area is 171 Å². The number of anilines is 2. The van der Waals surface area contributed by atoms with Gasteiger partial charge in [0.1, 0.15) is 0 Å². The second kappa shape index (κ2) is 10.6. The van der Waals surface area contributed by atoms with E-state index in [0.717, 1.165) is 43.2 Å². The smallest absolute Gasteiger partial charge is 0.238 e. The van der Waals surface area contributed by atoms with E-state index in [4.69, 9.17) is 4.74 Å². The number of ether oxygens (including phenoxy) is 1. The first-order chi connectivity index (χ1) is 14.1. The number of likely N-dealkylation sites (N-methyl/N-ethyl adjacent to an activating group) is 1. The zero-order valence-electron chi connectivity index (χ0n) is 16.8. The van der Waals surface area contributed by atoms with Gasteiger partial charge < -0.3 is 20.3 Å². The van der Waals surface area contributed by atoms with Crippen LogP contribution in [0.4, 0.5) is 11.4 Å². The summed E-state index contributed by atoms with van der Waals surface area (Å²) in [6.45, 7) is 4.02. The number of morpholine rings is 1. The molecule has 0 saturated carbocycles. The Morgan fingerprint density at radius 3 is 2.31 bits per heavy atom. The second-order valence-electron chi connectivity index (χ2n) is 7.13. The van der Waals surface area contributed by atoms with Gasteiger partial charge in [-0.15, -0.1) is 0 Å². The lowest BCUT2D eigenvalue weighted by Crippen LogP contribution is -2.38. The van der Waals surface area contributed by atoms with Crippen LogP contribution in [0, 0.1) is 0 Å². The molecule has 1 fully saturated rings. The average Bonchev–Trinajstić information content (AvgIpc) is 2.74. The minimum Gasteiger partial charge on any atom is -0.378 e. The molecule has 7 heteroatoms. The third kappa shape index (κ3) is 6.89. The SMILES string of the molecule is CN(CC(=O)NCc1ccccc1)CC(=O)Nc1ccc(N2CCOCC2)cc1. The van der Waals surface area contributed by atoms with Crippen LogP contribution in [0.2, 0.25) is 0 Å². The Morgan fingerprint density at radius 2 is 1.62 bits per heavy atom. The first kappa shape index (κ1) is 20.8. The van der Waals surface area contributed by atoms with Gasteiger partial charge >= 0.3 is 0 Å². The Hall–Kier alpha value is -2.90. The molecule has 1 heterocycles. The first-order valence-corrected chi connectivity index (χ1v) is 9.82. The molecule has 0 radical (unpaired) electrons. The molecule has 7 nitrogen and oxygen atoms in total. The van der Waals surface area contributed by atoms with Crippen LogP contribution in [0.25, 0.3) is 0 Å². The van der Waals surface area contributed by atoms with Gasteiger partial charge in [-0.2, -0.15) is 0 Å². The van der Waals surface area contributed by atoms with E-state index in [1.54, 1.807) is 11.9 Å². The Kier molecular flexibility index (Phi) is 7.61. The van der Waals surface area contributed by atoms with Gasteiger partial charge in [-0.25, -0.2) is 0 Å². The van der Waals surface area contributed by atoms with Crippen LogP contribution in [-0.2, 0) is 20.9 Å². The summed E-state index contributed by atoms with van der Waals surface area (Å²) in [6, 6.07) is 17.5. The van der Waals surface area contributed by atoms with Crippen molar-refractivity contribution in [2.45, 2.75) is 6.54 Å². The van der Waals surface area contributed by atoms with Crippen LogP contribution in [0.3, 0.4) is 0 Å². The van der Waals surface area contributed by atoms with Crippen molar-refractivity contribution in [2.75, 3.05) is 56.7 Å². The first-order valence-electron chi connectivity index (χ1n) is 9.82. The van der Waals surface area contributed by atoms with Crippen molar-refractivity contribution < 1.29 is 14.3 Å². The molecule has 0 aromatic heterocycles. The number of carbonyl (C=O) groups excluding carboxylic acids is 2. The van der Waals surface area contributed by atoms with E-state index in [1.807, 2.05) is 54.6 Å². The molecule has 2 aromatic rings. The van der Waals surface area contributed by atoms with Crippen LogP contribution >= 0.6 is 0 Å². The zero-order chi connectivity index (χ0) is 20.5. The highest BCUT2D eigenvalue weighted by Gasteiger charge is 2.13. The summed E-state index contributed by atoms with van der Waals surface area (Å²) in [7, 11) is 1.75. The monoisotopic (exact) mass is 396 g/mol. The number of carbonyl (C=O) groups is 2. The third-order valence-electron chi connectivity index (χ3n) is 4.69. The molecule has 2 N–H and O–H groups in total. The van der Waals surface area contributed by atoms with Gasteiger partial charge in [0.15, 0.2) is 0 Å². The summed E-state index contributed by atoms with van der Waals surface area (Å²) < 4.78 is 5.37. The summed E-state index contributed by atoms with van der Waals surface area (Å²) >= 11 is 0. The normalized spacial score (nSPS) is 13.9. The predicted octanol–water partition coefficient (Wildman–Crippen LogP) is 1.71. The van der Waals surface area contributed by atoms with Crippen molar-refractivity contribution in [1.29, 1.82) is 0 Å². The fraction of sp³-hybridized carbons (Fsp3) is 0.364. The summed E-state index contributed by atoms with van der Waals surface area (Å²) in [5.74, 6) is -0.263. The highest BCUT2D eigenvalue weighted by Crippen LogP contribution is 2.19. The number of rotatable bonds is 8. The van der Waals surface area contributed by atoms with E-state index < -0.39 is 0 Å². The number of hydrogen-bond acceptors (Lipinski definition) is 5. The molecular formula is C22H28N4O3. The largest absolute Gasteiger partial charge is 0.378 e. The molecule has 1 saturated heterocycles. The van der Waals surface area contributed by atoms with Gasteiger partial charge in [-0.1, -0.05) is 30.3 Å². The number of amides is 2. The Morgan fingerprint density at radius 1 is 0.966 bits per heavy atom. The molecule has 0 spiro atoms. The van der Waals surface area contributed by atoms with Crippen molar-refractivity contribution in [3.63, 3.8) is 0 Å². The lowest BCUT2D eigenvalue weighted by Gasteiger charge is -2.28. The Bertz CT molecular complexity index is 789. The average molecular weight is 396 g/mol. The molecule has 1 aliphatic rings. The molecule has 0 unspecified atom stereocenters. The van der Waals surface area contributed by atoms with Gasteiger partial charge in [0.25, 0.3) is 0 Å². The summed E-state index contributed by atoms with van der Waals surface area (Å²) in [6.07, 6.45) is 0. The van der Waals surface area contributed by atoms with Crippen molar-refractivity contribution in [1.82, 2.24) is 10.2 Å². The number of nitrogens with one attached hydrogen (secondary N) is 2. The standard InChI is InChI=1S/C22H28N4O3/c1-25(16-21(27)23-15-18-5-3-2-4-6-18)17-22(28)24-19-7-9-20(10-8-19)26-11-13-29-14-12-26/h2-10H,11-17H2,1H3,(H,23,27)(H,24,28). The molecule has 3 rings (SSSR count).